The molecule has 0 amide bonds. The number of quaternary nitrogens is 1. The van der Waals surface area contributed by atoms with Gasteiger partial charge in [0.05, 0.1) is 27.7 Å². The zero-order valence-electron chi connectivity index (χ0n) is 37.3. The third-order valence-electron chi connectivity index (χ3n) is 10.3. The maximum atomic E-state index is 12.6. The number of ether oxygens (including phenoxy) is 2. The Morgan fingerprint density at radius 1 is 0.536 bits per heavy atom. The minimum absolute atomic E-state index is 0.0275. The Morgan fingerprint density at radius 3 is 1.32 bits per heavy atom. The SMILES string of the molecule is CCCCCCCC/C=C/CCCCCCCCCCCCCC(=O)OC[C@@H](COP(=O)([O-])OCC[N+](C)(C)C)OC(=O)CCCCCCCCCCCCC. The fourth-order valence-electron chi connectivity index (χ4n) is 6.59. The molecule has 0 heterocycles. The fourth-order valence-corrected chi connectivity index (χ4v) is 7.32. The number of carbonyl (C=O) groups is 2. The number of phosphoric ester groups is 1. The first kappa shape index (κ1) is 54.8. The summed E-state index contributed by atoms with van der Waals surface area (Å²) in [6.07, 6.45) is 41.0. The van der Waals surface area contributed by atoms with Gasteiger partial charge in [0.1, 0.15) is 19.8 Å². The van der Waals surface area contributed by atoms with Crippen LogP contribution in [-0.4, -0.2) is 70.0 Å². The summed E-state index contributed by atoms with van der Waals surface area (Å²) in [7, 11) is 1.18. The van der Waals surface area contributed by atoms with Crippen LogP contribution in [0.3, 0.4) is 0 Å². The molecule has 0 radical (unpaired) electrons. The Labute approximate surface area is 346 Å². The molecular weight excluding hydrogens is 725 g/mol. The Bertz CT molecular complexity index is 969. The maximum Gasteiger partial charge on any atom is 0.306 e. The molecule has 0 aliphatic carbocycles. The van der Waals surface area contributed by atoms with Gasteiger partial charge in [-0.3, -0.25) is 14.2 Å². The van der Waals surface area contributed by atoms with E-state index in [2.05, 4.69) is 26.0 Å². The lowest BCUT2D eigenvalue weighted by Gasteiger charge is -2.28. The van der Waals surface area contributed by atoms with E-state index >= 15 is 0 Å². The molecule has 10 heteroatoms. The van der Waals surface area contributed by atoms with E-state index in [-0.39, 0.29) is 32.0 Å². The van der Waals surface area contributed by atoms with Crippen LogP contribution in [0, 0.1) is 0 Å². The molecule has 0 saturated carbocycles. The van der Waals surface area contributed by atoms with E-state index in [1.54, 1.807) is 0 Å². The molecule has 0 aliphatic rings. The molecule has 0 aliphatic heterocycles. The maximum absolute atomic E-state index is 12.6. The van der Waals surface area contributed by atoms with E-state index in [9.17, 15) is 19.0 Å². The summed E-state index contributed by atoms with van der Waals surface area (Å²) >= 11 is 0. The van der Waals surface area contributed by atoms with E-state index in [0.717, 1.165) is 32.1 Å². The average molecular weight is 816 g/mol. The second-order valence-corrected chi connectivity index (χ2v) is 18.5. The number of carbonyl (C=O) groups excluding carboxylic acids is 2. The average Bonchev–Trinajstić information content (AvgIpc) is 3.15. The zero-order chi connectivity index (χ0) is 41.4. The monoisotopic (exact) mass is 816 g/mol. The van der Waals surface area contributed by atoms with Crippen molar-refractivity contribution in [1.82, 2.24) is 0 Å². The molecule has 1 unspecified atom stereocenters. The van der Waals surface area contributed by atoms with E-state index in [1.807, 2.05) is 21.1 Å². The lowest BCUT2D eigenvalue weighted by molar-refractivity contribution is -0.870. The number of rotatable bonds is 43. The van der Waals surface area contributed by atoms with Gasteiger partial charge in [-0.25, -0.2) is 0 Å². The van der Waals surface area contributed by atoms with Gasteiger partial charge in [-0.05, 0) is 38.5 Å². The molecule has 0 rings (SSSR count). The first-order chi connectivity index (χ1) is 27.0. The molecule has 2 atom stereocenters. The van der Waals surface area contributed by atoms with Crippen molar-refractivity contribution in [2.45, 2.75) is 225 Å². The largest absolute Gasteiger partial charge is 0.756 e. The molecule has 0 aromatic carbocycles. The van der Waals surface area contributed by atoms with Crippen LogP contribution >= 0.6 is 7.82 Å². The number of unbranched alkanes of at least 4 members (excludes halogenated alkanes) is 27. The Kier molecular flexibility index (Phi) is 38.3. The second-order valence-electron chi connectivity index (χ2n) is 17.1. The van der Waals surface area contributed by atoms with E-state index in [0.29, 0.717) is 17.4 Å². The van der Waals surface area contributed by atoms with Crippen molar-refractivity contribution in [2.75, 3.05) is 47.5 Å². The molecule has 332 valence electrons. The van der Waals surface area contributed by atoms with E-state index in [4.69, 9.17) is 18.5 Å². The Hall–Kier alpha value is -1.25. The summed E-state index contributed by atoms with van der Waals surface area (Å²) in [6, 6.07) is 0. The zero-order valence-corrected chi connectivity index (χ0v) is 38.2. The van der Waals surface area contributed by atoms with Crippen molar-refractivity contribution < 1.29 is 42.1 Å². The van der Waals surface area contributed by atoms with Crippen LogP contribution in [0.25, 0.3) is 0 Å². The molecule has 0 aromatic rings. The van der Waals surface area contributed by atoms with Gasteiger partial charge in [0.15, 0.2) is 6.10 Å². The van der Waals surface area contributed by atoms with Crippen LogP contribution in [0.2, 0.25) is 0 Å². The number of phosphoric acid groups is 1. The number of hydrogen-bond acceptors (Lipinski definition) is 8. The molecule has 0 fully saturated rings. The molecule has 0 aromatic heterocycles. The first-order valence-electron chi connectivity index (χ1n) is 23.4. The van der Waals surface area contributed by atoms with Crippen LogP contribution in [0.15, 0.2) is 12.2 Å². The molecule has 0 saturated heterocycles. The highest BCUT2D eigenvalue weighted by Gasteiger charge is 2.21. The molecule has 0 bridgehead atoms. The van der Waals surface area contributed by atoms with Crippen molar-refractivity contribution in [3.8, 4) is 0 Å². The van der Waals surface area contributed by atoms with Gasteiger partial charge < -0.3 is 27.9 Å². The molecule has 9 nitrogen and oxygen atoms in total. The Morgan fingerprint density at radius 2 is 0.911 bits per heavy atom. The summed E-state index contributed by atoms with van der Waals surface area (Å²) in [4.78, 5) is 37.5. The van der Waals surface area contributed by atoms with Crippen molar-refractivity contribution >= 4 is 19.8 Å². The van der Waals surface area contributed by atoms with Gasteiger partial charge in [-0.15, -0.1) is 0 Å². The van der Waals surface area contributed by atoms with Crippen LogP contribution in [-0.2, 0) is 32.7 Å². The third-order valence-corrected chi connectivity index (χ3v) is 11.2. The minimum atomic E-state index is -4.62. The van der Waals surface area contributed by atoms with Gasteiger partial charge in [0.25, 0.3) is 7.82 Å². The topological polar surface area (TPSA) is 111 Å². The van der Waals surface area contributed by atoms with Gasteiger partial charge in [-0.1, -0.05) is 180 Å². The Balaban J connectivity index is 4.20. The molecule has 0 N–H and O–H groups in total. The van der Waals surface area contributed by atoms with E-state index in [1.165, 1.54) is 154 Å². The summed E-state index contributed by atoms with van der Waals surface area (Å²) in [6.45, 7) is 4.24. The number of likely N-dealkylation sites (N-methyl/N-ethyl adjacent to an activating group) is 1. The standard InChI is InChI=1S/C46H90NO8P/c1-6-8-10-12-14-16-18-19-20-21-22-23-24-25-26-27-29-30-32-34-36-38-45(48)52-42-44(43-54-56(50,51)53-41-40-47(3,4)5)55-46(49)39-37-35-33-31-28-17-15-13-11-9-7-2/h19-20,44H,6-18,21-43H2,1-5H3/b20-19+/t44-/m0/s1. The van der Waals surface area contributed by atoms with Gasteiger partial charge in [0, 0.05) is 12.8 Å². The highest BCUT2D eigenvalue weighted by molar-refractivity contribution is 7.45. The quantitative estimate of drug-likeness (QED) is 0.0197. The summed E-state index contributed by atoms with van der Waals surface area (Å²) in [5.74, 6) is -0.826. The lowest BCUT2D eigenvalue weighted by atomic mass is 10.0. The smallest absolute Gasteiger partial charge is 0.306 e. The molecule has 56 heavy (non-hydrogen) atoms. The van der Waals surface area contributed by atoms with Crippen LogP contribution < -0.4 is 4.89 Å². The van der Waals surface area contributed by atoms with Crippen molar-refractivity contribution in [2.24, 2.45) is 0 Å². The summed E-state index contributed by atoms with van der Waals surface area (Å²) in [5.41, 5.74) is 0. The predicted octanol–water partition coefficient (Wildman–Crippen LogP) is 12.7. The number of esters is 2. The third kappa shape index (κ3) is 42.4. The van der Waals surface area contributed by atoms with Crippen LogP contribution in [0.5, 0.6) is 0 Å². The fraction of sp³-hybridized carbons (Fsp3) is 0.913. The molecule has 0 spiro atoms. The summed E-state index contributed by atoms with van der Waals surface area (Å²) < 4.78 is 33.9. The predicted molar refractivity (Wildman–Crippen MR) is 231 cm³/mol. The van der Waals surface area contributed by atoms with Gasteiger partial charge in [-0.2, -0.15) is 0 Å². The van der Waals surface area contributed by atoms with Crippen molar-refractivity contribution in [3.63, 3.8) is 0 Å². The number of allylic oxidation sites excluding steroid dienone is 2. The molecular formula is C46H90NO8P. The highest BCUT2D eigenvalue weighted by Crippen LogP contribution is 2.38. The summed E-state index contributed by atoms with van der Waals surface area (Å²) in [5, 5.41) is 0. The minimum Gasteiger partial charge on any atom is -0.756 e. The van der Waals surface area contributed by atoms with Crippen LogP contribution in [0.1, 0.15) is 219 Å². The number of hydrogen-bond donors (Lipinski definition) is 0. The lowest BCUT2D eigenvalue weighted by Crippen LogP contribution is -2.37. The van der Waals surface area contributed by atoms with E-state index < -0.39 is 26.5 Å². The van der Waals surface area contributed by atoms with Gasteiger partial charge >= 0.3 is 11.9 Å². The normalized spacial score (nSPS) is 13.6. The van der Waals surface area contributed by atoms with Gasteiger partial charge in [0.2, 0.25) is 0 Å². The highest BCUT2D eigenvalue weighted by atomic mass is 31.2. The number of nitrogens with zero attached hydrogens (tertiary/aromatic N) is 1. The second kappa shape index (κ2) is 39.2. The van der Waals surface area contributed by atoms with Crippen molar-refractivity contribution in [1.29, 1.82) is 0 Å². The first-order valence-corrected chi connectivity index (χ1v) is 24.9. The van der Waals surface area contributed by atoms with Crippen LogP contribution in [0.4, 0.5) is 0 Å². The van der Waals surface area contributed by atoms with Crippen molar-refractivity contribution in [3.05, 3.63) is 12.2 Å².